The summed E-state index contributed by atoms with van der Waals surface area (Å²) >= 11 is 0. The number of benzene rings is 1. The standard InChI is InChI=1S/C18H17N5O/c19-9-13-10-21-23(17(13)20)15-5-3-14(4-6-15)22-18(24)16-8-11-1-2-12(16)7-11/h1-6,10-12,16H,7-8,20H2,(H,22,24)/t11-,12-,16+/m0/s1. The monoisotopic (exact) mass is 319 g/mol. The molecule has 0 aliphatic heterocycles. The van der Waals surface area contributed by atoms with Gasteiger partial charge in [-0.2, -0.15) is 10.4 Å². The summed E-state index contributed by atoms with van der Waals surface area (Å²) in [6, 6.07) is 9.28. The van der Waals surface area contributed by atoms with Crippen molar-refractivity contribution in [2.45, 2.75) is 12.8 Å². The van der Waals surface area contributed by atoms with Crippen LogP contribution in [0.25, 0.3) is 5.69 Å². The molecular formula is C18H17N5O. The fourth-order valence-electron chi connectivity index (χ4n) is 3.65. The molecule has 1 saturated carbocycles. The number of rotatable bonds is 3. The van der Waals surface area contributed by atoms with Crippen molar-refractivity contribution in [3.05, 3.63) is 48.2 Å². The van der Waals surface area contributed by atoms with E-state index < -0.39 is 0 Å². The van der Waals surface area contributed by atoms with Crippen LogP contribution in [0, 0.1) is 29.1 Å². The Bertz CT molecular complexity index is 859. The van der Waals surface area contributed by atoms with E-state index in [1.807, 2.05) is 30.3 Å². The highest BCUT2D eigenvalue weighted by molar-refractivity contribution is 5.93. The van der Waals surface area contributed by atoms with Gasteiger partial charge in [-0.15, -0.1) is 0 Å². The summed E-state index contributed by atoms with van der Waals surface area (Å²) in [7, 11) is 0. The van der Waals surface area contributed by atoms with Gasteiger partial charge in [0, 0.05) is 11.6 Å². The van der Waals surface area contributed by atoms with E-state index in [0.29, 0.717) is 23.2 Å². The molecule has 2 aliphatic rings. The van der Waals surface area contributed by atoms with Gasteiger partial charge in [-0.1, -0.05) is 12.2 Å². The lowest BCUT2D eigenvalue weighted by molar-refractivity contribution is -0.120. The first-order valence-electron chi connectivity index (χ1n) is 7.99. The molecule has 1 fully saturated rings. The van der Waals surface area contributed by atoms with Crippen LogP contribution in [0.4, 0.5) is 11.5 Å². The van der Waals surface area contributed by atoms with Crippen molar-refractivity contribution < 1.29 is 4.79 Å². The Kier molecular flexibility index (Phi) is 3.35. The van der Waals surface area contributed by atoms with E-state index >= 15 is 0 Å². The lowest BCUT2D eigenvalue weighted by Crippen LogP contribution is -2.25. The molecule has 0 radical (unpaired) electrons. The molecule has 1 amide bonds. The fraction of sp³-hybridized carbons (Fsp3) is 0.278. The van der Waals surface area contributed by atoms with Gasteiger partial charge in [0.05, 0.1) is 11.9 Å². The van der Waals surface area contributed by atoms with E-state index in [0.717, 1.165) is 24.2 Å². The number of anilines is 2. The molecule has 4 rings (SSSR count). The van der Waals surface area contributed by atoms with E-state index in [1.54, 1.807) is 0 Å². The van der Waals surface area contributed by atoms with Gasteiger partial charge in [-0.3, -0.25) is 4.79 Å². The normalized spacial score (nSPS) is 24.0. The number of allylic oxidation sites excluding steroid dienone is 2. The number of hydrogen-bond donors (Lipinski definition) is 2. The molecule has 120 valence electrons. The second-order valence-electron chi connectivity index (χ2n) is 6.39. The predicted octanol–water partition coefficient (Wildman–Crippen LogP) is 2.48. The Balaban J connectivity index is 1.48. The third-order valence-corrected chi connectivity index (χ3v) is 4.92. The van der Waals surface area contributed by atoms with Crippen LogP contribution in [-0.4, -0.2) is 15.7 Å². The predicted molar refractivity (Wildman–Crippen MR) is 90.2 cm³/mol. The second-order valence-corrected chi connectivity index (χ2v) is 6.39. The van der Waals surface area contributed by atoms with Gasteiger partial charge in [0.2, 0.25) is 5.91 Å². The number of nitrogens with two attached hydrogens (primary N) is 1. The molecule has 0 spiro atoms. The Morgan fingerprint density at radius 3 is 2.67 bits per heavy atom. The van der Waals surface area contributed by atoms with Crippen LogP contribution in [0.1, 0.15) is 18.4 Å². The molecule has 2 aromatic rings. The molecule has 0 unspecified atom stereocenters. The molecule has 24 heavy (non-hydrogen) atoms. The summed E-state index contributed by atoms with van der Waals surface area (Å²) in [5.74, 6) is 1.44. The molecule has 6 nitrogen and oxygen atoms in total. The van der Waals surface area contributed by atoms with Gasteiger partial charge in [-0.05, 0) is 48.9 Å². The summed E-state index contributed by atoms with van der Waals surface area (Å²) in [5, 5.41) is 16.0. The van der Waals surface area contributed by atoms with Gasteiger partial charge in [-0.25, -0.2) is 4.68 Å². The van der Waals surface area contributed by atoms with E-state index in [9.17, 15) is 4.79 Å². The molecular weight excluding hydrogens is 302 g/mol. The molecule has 2 bridgehead atoms. The highest BCUT2D eigenvalue weighted by Crippen LogP contribution is 2.43. The van der Waals surface area contributed by atoms with Crippen molar-refractivity contribution in [1.29, 1.82) is 5.26 Å². The van der Waals surface area contributed by atoms with Crippen LogP contribution >= 0.6 is 0 Å². The lowest BCUT2D eigenvalue weighted by Gasteiger charge is -2.17. The Morgan fingerprint density at radius 1 is 1.29 bits per heavy atom. The number of fused-ring (bicyclic) bond motifs is 2. The maximum atomic E-state index is 12.4. The minimum Gasteiger partial charge on any atom is -0.382 e. The number of carbonyl (C=O) groups is 1. The quantitative estimate of drug-likeness (QED) is 0.849. The first-order chi connectivity index (χ1) is 11.7. The third-order valence-electron chi connectivity index (χ3n) is 4.92. The van der Waals surface area contributed by atoms with Crippen LogP contribution in [0.5, 0.6) is 0 Å². The molecule has 0 saturated heterocycles. The lowest BCUT2D eigenvalue weighted by atomic mass is 9.93. The van der Waals surface area contributed by atoms with E-state index in [-0.39, 0.29) is 11.8 Å². The number of nitriles is 1. The SMILES string of the molecule is N#Cc1cnn(-c2ccc(NC(=O)[C@@H]3C[C@H]4C=C[C@H]3C4)cc2)c1N. The van der Waals surface area contributed by atoms with Gasteiger partial charge in [0.25, 0.3) is 0 Å². The second kappa shape index (κ2) is 5.53. The number of aromatic nitrogens is 2. The average Bonchev–Trinajstić information content (AvgIpc) is 3.31. The topological polar surface area (TPSA) is 96.7 Å². The van der Waals surface area contributed by atoms with Crippen molar-refractivity contribution in [3.63, 3.8) is 0 Å². The number of nitrogens with zero attached hydrogens (tertiary/aromatic N) is 3. The van der Waals surface area contributed by atoms with E-state index in [4.69, 9.17) is 11.0 Å². The molecule has 1 aromatic heterocycles. The summed E-state index contributed by atoms with van der Waals surface area (Å²) in [4.78, 5) is 12.4. The van der Waals surface area contributed by atoms with Crippen molar-refractivity contribution >= 4 is 17.4 Å². The van der Waals surface area contributed by atoms with Crippen molar-refractivity contribution in [2.24, 2.45) is 17.8 Å². The van der Waals surface area contributed by atoms with Crippen molar-refractivity contribution in [1.82, 2.24) is 9.78 Å². The Labute approximate surface area is 139 Å². The van der Waals surface area contributed by atoms with Crippen molar-refractivity contribution in [3.8, 4) is 11.8 Å². The maximum Gasteiger partial charge on any atom is 0.228 e. The van der Waals surface area contributed by atoms with Gasteiger partial charge in [0.1, 0.15) is 17.5 Å². The molecule has 3 atom stereocenters. The molecule has 3 N–H and O–H groups in total. The minimum absolute atomic E-state index is 0.0830. The van der Waals surface area contributed by atoms with Crippen LogP contribution in [0.2, 0.25) is 0 Å². The van der Waals surface area contributed by atoms with Gasteiger partial charge in [0.15, 0.2) is 0 Å². The summed E-state index contributed by atoms with van der Waals surface area (Å²) in [6.07, 6.45) is 7.90. The maximum absolute atomic E-state index is 12.4. The van der Waals surface area contributed by atoms with Crippen LogP contribution in [0.3, 0.4) is 0 Å². The third kappa shape index (κ3) is 2.35. The van der Waals surface area contributed by atoms with Crippen LogP contribution in [-0.2, 0) is 4.79 Å². The fourth-order valence-corrected chi connectivity index (χ4v) is 3.65. The number of amides is 1. The molecule has 6 heteroatoms. The highest BCUT2D eigenvalue weighted by atomic mass is 16.1. The van der Waals surface area contributed by atoms with Crippen LogP contribution < -0.4 is 11.1 Å². The molecule has 2 aliphatic carbocycles. The van der Waals surface area contributed by atoms with E-state index in [2.05, 4.69) is 22.6 Å². The van der Waals surface area contributed by atoms with Gasteiger partial charge >= 0.3 is 0 Å². The number of nitrogen functional groups attached to an aromatic ring is 1. The number of hydrogen-bond acceptors (Lipinski definition) is 4. The summed E-state index contributed by atoms with van der Waals surface area (Å²) in [6.45, 7) is 0. The zero-order valence-electron chi connectivity index (χ0n) is 13.0. The number of nitrogens with one attached hydrogen (secondary N) is 1. The Morgan fingerprint density at radius 2 is 2.08 bits per heavy atom. The van der Waals surface area contributed by atoms with Gasteiger partial charge < -0.3 is 11.1 Å². The zero-order chi connectivity index (χ0) is 16.7. The summed E-state index contributed by atoms with van der Waals surface area (Å²) in [5.41, 5.74) is 7.72. The van der Waals surface area contributed by atoms with E-state index in [1.165, 1.54) is 10.9 Å². The van der Waals surface area contributed by atoms with Crippen molar-refractivity contribution in [2.75, 3.05) is 11.1 Å². The average molecular weight is 319 g/mol. The molecule has 1 heterocycles. The minimum atomic E-state index is 0.0830. The smallest absolute Gasteiger partial charge is 0.228 e. The first kappa shape index (κ1) is 14.5. The largest absolute Gasteiger partial charge is 0.382 e. The summed E-state index contributed by atoms with van der Waals surface area (Å²) < 4.78 is 1.50. The molecule has 1 aromatic carbocycles. The first-order valence-corrected chi connectivity index (χ1v) is 7.99. The highest BCUT2D eigenvalue weighted by Gasteiger charge is 2.39. The number of carbonyl (C=O) groups excluding carboxylic acids is 1. The Hall–Kier alpha value is -3.07. The zero-order valence-corrected chi connectivity index (χ0v) is 13.0. The van der Waals surface area contributed by atoms with Crippen LogP contribution in [0.15, 0.2) is 42.6 Å².